The highest BCUT2D eigenvalue weighted by molar-refractivity contribution is 6.30. The average Bonchev–Trinajstić information content (AvgIpc) is 2.20. The zero-order valence-electron chi connectivity index (χ0n) is 8.05. The van der Waals surface area contributed by atoms with E-state index in [1.165, 1.54) is 0 Å². The van der Waals surface area contributed by atoms with Crippen molar-refractivity contribution in [3.05, 3.63) is 40.7 Å². The molecule has 1 aromatic carbocycles. The topological polar surface area (TPSA) is 37.3 Å². The standard InChI is InChI=1S/C10H5ClF4O2/c11-6-3-5(1-2-7(6)12)8(16)4-9(17)10(13,14)15/h1-4,16H/b8-4-. The molecule has 92 valence electrons. The van der Waals surface area contributed by atoms with Crippen molar-refractivity contribution in [2.75, 3.05) is 0 Å². The second-order valence-electron chi connectivity index (χ2n) is 3.02. The summed E-state index contributed by atoms with van der Waals surface area (Å²) in [6.07, 6.45) is -5.07. The number of hydrogen-bond donors (Lipinski definition) is 1. The molecule has 0 bridgehead atoms. The minimum atomic E-state index is -5.07. The molecular weight excluding hydrogens is 264 g/mol. The van der Waals surface area contributed by atoms with E-state index in [1.54, 1.807) is 0 Å². The zero-order valence-corrected chi connectivity index (χ0v) is 8.81. The predicted molar refractivity (Wildman–Crippen MR) is 53.1 cm³/mol. The van der Waals surface area contributed by atoms with Crippen LogP contribution in [0.1, 0.15) is 5.56 Å². The molecule has 0 saturated carbocycles. The summed E-state index contributed by atoms with van der Waals surface area (Å²) >= 11 is 5.36. The molecule has 2 nitrogen and oxygen atoms in total. The number of allylic oxidation sites excluding steroid dienone is 1. The third-order valence-electron chi connectivity index (χ3n) is 1.76. The Morgan fingerprint density at radius 3 is 2.41 bits per heavy atom. The van der Waals surface area contributed by atoms with Gasteiger partial charge in [0, 0.05) is 11.6 Å². The van der Waals surface area contributed by atoms with Crippen LogP contribution in [0.25, 0.3) is 5.76 Å². The van der Waals surface area contributed by atoms with Gasteiger partial charge in [0.2, 0.25) is 0 Å². The van der Waals surface area contributed by atoms with E-state index in [-0.39, 0.29) is 16.7 Å². The van der Waals surface area contributed by atoms with Gasteiger partial charge in [-0.3, -0.25) is 4.79 Å². The molecule has 0 atom stereocenters. The second kappa shape index (κ2) is 4.75. The molecule has 0 saturated heterocycles. The first-order chi connectivity index (χ1) is 7.71. The molecule has 1 N–H and O–H groups in total. The smallest absolute Gasteiger partial charge is 0.454 e. The summed E-state index contributed by atoms with van der Waals surface area (Å²) in [7, 11) is 0. The number of aliphatic hydroxyl groups excluding tert-OH is 1. The first-order valence-electron chi connectivity index (χ1n) is 4.19. The van der Waals surface area contributed by atoms with Gasteiger partial charge < -0.3 is 5.11 Å². The van der Waals surface area contributed by atoms with Crippen LogP contribution in [-0.4, -0.2) is 17.1 Å². The van der Waals surface area contributed by atoms with Crippen LogP contribution in [-0.2, 0) is 4.79 Å². The van der Waals surface area contributed by atoms with Crippen LogP contribution < -0.4 is 0 Å². The normalized spacial score (nSPS) is 12.6. The van der Waals surface area contributed by atoms with Crippen molar-refractivity contribution >= 4 is 23.1 Å². The number of carbonyl (C=O) groups is 1. The van der Waals surface area contributed by atoms with Gasteiger partial charge in [-0.2, -0.15) is 13.2 Å². The van der Waals surface area contributed by atoms with Gasteiger partial charge in [0.05, 0.1) is 5.02 Å². The summed E-state index contributed by atoms with van der Waals surface area (Å²) in [4.78, 5) is 10.5. The highest BCUT2D eigenvalue weighted by atomic mass is 35.5. The molecule has 7 heteroatoms. The maximum absolute atomic E-state index is 12.7. The van der Waals surface area contributed by atoms with Crippen LogP contribution in [0.5, 0.6) is 0 Å². The Morgan fingerprint density at radius 1 is 1.35 bits per heavy atom. The van der Waals surface area contributed by atoms with Gasteiger partial charge in [-0.05, 0) is 18.2 Å². The molecule has 0 amide bonds. The summed E-state index contributed by atoms with van der Waals surface area (Å²) in [5.41, 5.74) is -0.186. The molecule has 0 aliphatic carbocycles. The summed E-state index contributed by atoms with van der Waals surface area (Å²) in [6.45, 7) is 0. The third-order valence-corrected chi connectivity index (χ3v) is 2.05. The maximum atomic E-state index is 12.7. The van der Waals surface area contributed by atoms with Crippen LogP contribution in [0.4, 0.5) is 17.6 Å². The lowest BCUT2D eigenvalue weighted by molar-refractivity contribution is -0.165. The van der Waals surface area contributed by atoms with Gasteiger partial charge in [0.15, 0.2) is 0 Å². The molecular formula is C10H5ClF4O2. The zero-order chi connectivity index (χ0) is 13.2. The van der Waals surface area contributed by atoms with E-state index in [9.17, 15) is 27.5 Å². The molecule has 1 aromatic rings. The second-order valence-corrected chi connectivity index (χ2v) is 3.43. The van der Waals surface area contributed by atoms with Crippen LogP contribution in [0.3, 0.4) is 0 Å². The Labute approximate surface area is 98.1 Å². The summed E-state index contributed by atoms with van der Waals surface area (Å²) in [5, 5.41) is 8.86. The Balaban J connectivity index is 3.04. The fourth-order valence-electron chi connectivity index (χ4n) is 0.945. The van der Waals surface area contributed by atoms with Crippen molar-refractivity contribution in [3.8, 4) is 0 Å². The van der Waals surface area contributed by atoms with Gasteiger partial charge >= 0.3 is 6.18 Å². The van der Waals surface area contributed by atoms with E-state index >= 15 is 0 Å². The molecule has 0 fully saturated rings. The minimum Gasteiger partial charge on any atom is -0.507 e. The van der Waals surface area contributed by atoms with E-state index in [2.05, 4.69) is 0 Å². The van der Waals surface area contributed by atoms with E-state index in [1.807, 2.05) is 0 Å². The summed E-state index contributed by atoms with van der Waals surface area (Å²) in [5.74, 6) is -3.94. The number of benzene rings is 1. The Bertz CT molecular complexity index is 480. The van der Waals surface area contributed by atoms with Crippen molar-refractivity contribution in [2.24, 2.45) is 0 Å². The fraction of sp³-hybridized carbons (Fsp3) is 0.100. The van der Waals surface area contributed by atoms with Crippen LogP contribution in [0.15, 0.2) is 24.3 Å². The lowest BCUT2D eigenvalue weighted by Crippen LogP contribution is -2.20. The highest BCUT2D eigenvalue weighted by Gasteiger charge is 2.37. The van der Waals surface area contributed by atoms with Crippen molar-refractivity contribution in [3.63, 3.8) is 0 Å². The van der Waals surface area contributed by atoms with Crippen molar-refractivity contribution in [1.29, 1.82) is 0 Å². The first kappa shape index (κ1) is 13.5. The number of hydrogen-bond acceptors (Lipinski definition) is 2. The Hall–Kier alpha value is -1.56. The SMILES string of the molecule is O=C(/C=C(\O)c1ccc(F)c(Cl)c1)C(F)(F)F. The maximum Gasteiger partial charge on any atom is 0.454 e. The van der Waals surface area contributed by atoms with Crippen LogP contribution in [0, 0.1) is 5.82 Å². The van der Waals surface area contributed by atoms with Crippen molar-refractivity contribution in [2.45, 2.75) is 6.18 Å². The molecule has 0 unspecified atom stereocenters. The van der Waals surface area contributed by atoms with Crippen LogP contribution in [0.2, 0.25) is 5.02 Å². The van der Waals surface area contributed by atoms with Crippen LogP contribution >= 0.6 is 11.6 Å². The third kappa shape index (κ3) is 3.45. The summed E-state index contributed by atoms with van der Waals surface area (Å²) < 4.78 is 48.4. The quantitative estimate of drug-likeness (QED) is 0.506. The molecule has 17 heavy (non-hydrogen) atoms. The largest absolute Gasteiger partial charge is 0.507 e. The number of alkyl halides is 3. The number of aliphatic hydroxyl groups is 1. The molecule has 0 aliphatic rings. The molecule has 0 radical (unpaired) electrons. The van der Waals surface area contributed by atoms with Gasteiger partial charge in [0.25, 0.3) is 5.78 Å². The number of halogens is 5. The highest BCUT2D eigenvalue weighted by Crippen LogP contribution is 2.22. The van der Waals surface area contributed by atoms with E-state index in [4.69, 9.17) is 11.6 Å². The molecule has 0 aromatic heterocycles. The molecule has 0 aliphatic heterocycles. The fourth-order valence-corrected chi connectivity index (χ4v) is 1.13. The molecule has 0 heterocycles. The minimum absolute atomic E-state index is 0.00354. The van der Waals surface area contributed by atoms with Gasteiger partial charge in [-0.15, -0.1) is 0 Å². The Morgan fingerprint density at radius 2 is 1.94 bits per heavy atom. The van der Waals surface area contributed by atoms with E-state index < -0.39 is 23.5 Å². The van der Waals surface area contributed by atoms with Gasteiger partial charge in [-0.1, -0.05) is 11.6 Å². The average molecular weight is 269 g/mol. The predicted octanol–water partition coefficient (Wildman–Crippen LogP) is 3.51. The lowest BCUT2D eigenvalue weighted by Gasteiger charge is -2.03. The van der Waals surface area contributed by atoms with E-state index in [0.29, 0.717) is 0 Å². The van der Waals surface area contributed by atoms with Crippen molar-refractivity contribution in [1.82, 2.24) is 0 Å². The van der Waals surface area contributed by atoms with Crippen molar-refractivity contribution < 1.29 is 27.5 Å². The lowest BCUT2D eigenvalue weighted by atomic mass is 10.1. The monoisotopic (exact) mass is 268 g/mol. The van der Waals surface area contributed by atoms with E-state index in [0.717, 1.165) is 18.2 Å². The molecule has 0 spiro atoms. The van der Waals surface area contributed by atoms with Gasteiger partial charge in [-0.25, -0.2) is 4.39 Å². The number of carbonyl (C=O) groups excluding carboxylic acids is 1. The number of rotatable bonds is 2. The molecule has 1 rings (SSSR count). The summed E-state index contributed by atoms with van der Waals surface area (Å²) in [6, 6.07) is 2.77. The number of ketones is 1. The Kier molecular flexibility index (Phi) is 3.77. The van der Waals surface area contributed by atoms with Gasteiger partial charge in [0.1, 0.15) is 11.6 Å². The first-order valence-corrected chi connectivity index (χ1v) is 4.57.